The van der Waals surface area contributed by atoms with E-state index in [0.717, 1.165) is 0 Å². The smallest absolute Gasteiger partial charge is 0.435 e. The molecule has 176 valence electrons. The standard InChI is InChI=1S/C19H15Cl2F7N2O2/c1-3-29-13-6-4-5-10(15(13)32-2)16(31)30-14-11(20)7-9(8-12(14)21)17(22,18(23,24)25)19(26,27)28/h4-8,29H,3H2,1-2H3,(H,30,31). The molecule has 0 spiro atoms. The fraction of sp³-hybridized carbons (Fsp3) is 0.316. The van der Waals surface area contributed by atoms with Crippen LogP contribution < -0.4 is 15.4 Å². The van der Waals surface area contributed by atoms with Crippen LogP contribution in [0.25, 0.3) is 0 Å². The SMILES string of the molecule is CCNc1cccc(C(=O)Nc2c(Cl)cc(C(F)(C(F)(F)F)C(F)(F)F)cc2Cl)c1OC. The molecule has 1 amide bonds. The Bertz CT molecular complexity index is 973. The van der Waals surface area contributed by atoms with Crippen LogP contribution in [0.3, 0.4) is 0 Å². The quantitative estimate of drug-likeness (QED) is 0.415. The van der Waals surface area contributed by atoms with Crippen LogP contribution in [0.4, 0.5) is 42.1 Å². The van der Waals surface area contributed by atoms with Crippen LogP contribution in [-0.2, 0) is 5.67 Å². The number of rotatable bonds is 6. The van der Waals surface area contributed by atoms with Crippen molar-refractivity contribution < 1.29 is 40.3 Å². The molecule has 0 saturated carbocycles. The molecule has 32 heavy (non-hydrogen) atoms. The zero-order valence-corrected chi connectivity index (χ0v) is 17.8. The number of benzene rings is 2. The van der Waals surface area contributed by atoms with Gasteiger partial charge in [-0.1, -0.05) is 29.3 Å². The van der Waals surface area contributed by atoms with Gasteiger partial charge in [-0.25, -0.2) is 4.39 Å². The lowest BCUT2D eigenvalue weighted by Crippen LogP contribution is -2.50. The minimum absolute atomic E-state index is 0.0346. The van der Waals surface area contributed by atoms with E-state index < -0.39 is 45.2 Å². The van der Waals surface area contributed by atoms with Gasteiger partial charge in [-0.2, -0.15) is 26.3 Å². The highest BCUT2D eigenvalue weighted by atomic mass is 35.5. The number of halogens is 9. The molecule has 0 unspecified atom stereocenters. The first-order valence-electron chi connectivity index (χ1n) is 8.73. The molecule has 13 heteroatoms. The van der Waals surface area contributed by atoms with E-state index in [0.29, 0.717) is 12.2 Å². The van der Waals surface area contributed by atoms with Gasteiger partial charge in [-0.3, -0.25) is 4.79 Å². The molecule has 4 nitrogen and oxygen atoms in total. The number of hydrogen-bond acceptors (Lipinski definition) is 3. The molecule has 0 radical (unpaired) electrons. The van der Waals surface area contributed by atoms with Crippen LogP contribution in [0.2, 0.25) is 10.0 Å². The summed E-state index contributed by atoms with van der Waals surface area (Å²) in [5.41, 5.74) is -7.69. The van der Waals surface area contributed by atoms with Crippen molar-refractivity contribution in [3.8, 4) is 5.75 Å². The van der Waals surface area contributed by atoms with Gasteiger partial charge in [0.15, 0.2) is 5.75 Å². The number of carbonyl (C=O) groups is 1. The summed E-state index contributed by atoms with van der Waals surface area (Å²) in [6.45, 7) is 2.28. The maximum Gasteiger partial charge on any atom is 0.435 e. The number of para-hydroxylation sites is 1. The molecule has 0 fully saturated rings. The molecule has 0 aliphatic heterocycles. The number of ether oxygens (including phenoxy) is 1. The van der Waals surface area contributed by atoms with Crippen molar-refractivity contribution in [3.05, 3.63) is 51.5 Å². The van der Waals surface area contributed by atoms with Crippen LogP contribution >= 0.6 is 23.2 Å². The Morgan fingerprint density at radius 3 is 1.97 bits per heavy atom. The van der Waals surface area contributed by atoms with Gasteiger partial charge in [0.1, 0.15) is 0 Å². The van der Waals surface area contributed by atoms with Gasteiger partial charge >= 0.3 is 18.0 Å². The molecule has 0 heterocycles. The number of amides is 1. The summed E-state index contributed by atoms with van der Waals surface area (Å²) in [5, 5.41) is 3.48. The minimum Gasteiger partial charge on any atom is -0.494 e. The maximum atomic E-state index is 14.3. The number of hydrogen-bond donors (Lipinski definition) is 2. The van der Waals surface area contributed by atoms with Crippen LogP contribution in [0.15, 0.2) is 30.3 Å². The van der Waals surface area contributed by atoms with Crippen molar-refractivity contribution in [2.75, 3.05) is 24.3 Å². The van der Waals surface area contributed by atoms with Crippen molar-refractivity contribution in [2.45, 2.75) is 24.9 Å². The monoisotopic (exact) mass is 506 g/mol. The van der Waals surface area contributed by atoms with E-state index in [4.69, 9.17) is 27.9 Å². The van der Waals surface area contributed by atoms with E-state index in [1.807, 2.05) is 0 Å². The third kappa shape index (κ3) is 4.68. The van der Waals surface area contributed by atoms with Gasteiger partial charge < -0.3 is 15.4 Å². The second kappa shape index (κ2) is 9.22. The molecule has 0 aliphatic rings. The first kappa shape index (κ1) is 25.9. The van der Waals surface area contributed by atoms with E-state index in [1.54, 1.807) is 13.0 Å². The van der Waals surface area contributed by atoms with E-state index in [1.165, 1.54) is 19.2 Å². The summed E-state index contributed by atoms with van der Waals surface area (Å²) >= 11 is 11.6. The van der Waals surface area contributed by atoms with Gasteiger partial charge in [0.2, 0.25) is 0 Å². The van der Waals surface area contributed by atoms with Crippen LogP contribution in [0.1, 0.15) is 22.8 Å². The van der Waals surface area contributed by atoms with Crippen LogP contribution in [0.5, 0.6) is 5.75 Å². The number of alkyl halides is 7. The van der Waals surface area contributed by atoms with Crippen molar-refractivity contribution in [2.24, 2.45) is 0 Å². The molecule has 0 bridgehead atoms. The van der Waals surface area contributed by atoms with Gasteiger partial charge in [0.25, 0.3) is 5.91 Å². The second-order valence-corrected chi connectivity index (χ2v) is 7.15. The number of nitrogens with one attached hydrogen (secondary N) is 2. The molecule has 0 aliphatic carbocycles. The molecule has 2 N–H and O–H groups in total. The fourth-order valence-corrected chi connectivity index (χ4v) is 3.41. The van der Waals surface area contributed by atoms with Crippen molar-refractivity contribution in [1.82, 2.24) is 0 Å². The molecule has 0 saturated heterocycles. The predicted octanol–water partition coefficient (Wildman–Crippen LogP) is 6.98. The summed E-state index contributed by atoms with van der Waals surface area (Å²) in [6, 6.07) is 4.69. The van der Waals surface area contributed by atoms with Crippen molar-refractivity contribution in [3.63, 3.8) is 0 Å². The minimum atomic E-state index is -6.34. The van der Waals surface area contributed by atoms with Gasteiger partial charge in [-0.05, 0) is 31.2 Å². The first-order valence-corrected chi connectivity index (χ1v) is 9.48. The summed E-state index contributed by atoms with van der Waals surface area (Å²) in [6.07, 6.45) is -12.7. The zero-order valence-electron chi connectivity index (χ0n) is 16.3. The van der Waals surface area contributed by atoms with Crippen molar-refractivity contribution >= 4 is 40.5 Å². The second-order valence-electron chi connectivity index (χ2n) is 6.34. The fourth-order valence-electron chi connectivity index (χ4n) is 2.83. The van der Waals surface area contributed by atoms with Gasteiger partial charge in [-0.15, -0.1) is 0 Å². The highest BCUT2D eigenvalue weighted by molar-refractivity contribution is 6.40. The maximum absolute atomic E-state index is 14.3. The van der Waals surface area contributed by atoms with Crippen molar-refractivity contribution in [1.29, 1.82) is 0 Å². The lowest BCUT2D eigenvalue weighted by Gasteiger charge is -2.30. The summed E-state index contributed by atoms with van der Waals surface area (Å²) in [7, 11) is 1.29. The van der Waals surface area contributed by atoms with Crippen LogP contribution in [0, 0.1) is 0 Å². The normalized spacial score (nSPS) is 12.5. The Morgan fingerprint density at radius 2 is 1.53 bits per heavy atom. The van der Waals surface area contributed by atoms with E-state index in [9.17, 15) is 35.5 Å². The topological polar surface area (TPSA) is 50.4 Å². The third-order valence-electron chi connectivity index (χ3n) is 4.29. The Labute approximate surface area is 187 Å². The lowest BCUT2D eigenvalue weighted by atomic mass is 9.94. The Kier molecular flexibility index (Phi) is 7.45. The Morgan fingerprint density at radius 1 is 1.00 bits per heavy atom. The molecule has 2 rings (SSSR count). The van der Waals surface area contributed by atoms with E-state index in [2.05, 4.69) is 10.6 Å². The molecule has 2 aromatic rings. The Hall–Kier alpha value is -2.40. The van der Waals surface area contributed by atoms with Crippen LogP contribution in [-0.4, -0.2) is 31.9 Å². The molecular weight excluding hydrogens is 492 g/mol. The zero-order chi connectivity index (χ0) is 24.5. The highest BCUT2D eigenvalue weighted by Gasteiger charge is 2.73. The summed E-state index contributed by atoms with van der Waals surface area (Å²) in [4.78, 5) is 12.7. The molecule has 0 atom stereocenters. The summed E-state index contributed by atoms with van der Waals surface area (Å²) in [5.74, 6) is -0.760. The van der Waals surface area contributed by atoms with E-state index >= 15 is 0 Å². The average Bonchev–Trinajstić information content (AvgIpc) is 2.68. The Balaban J connectivity index is 2.51. The number of anilines is 2. The number of methoxy groups -OCH3 is 1. The molecule has 0 aromatic heterocycles. The molecular formula is C19H15Cl2F7N2O2. The number of carbonyl (C=O) groups excluding carboxylic acids is 1. The third-order valence-corrected chi connectivity index (χ3v) is 4.89. The predicted molar refractivity (Wildman–Crippen MR) is 106 cm³/mol. The summed E-state index contributed by atoms with van der Waals surface area (Å²) < 4.78 is 97.5. The average molecular weight is 507 g/mol. The largest absolute Gasteiger partial charge is 0.494 e. The van der Waals surface area contributed by atoms with Gasteiger partial charge in [0.05, 0.1) is 34.1 Å². The first-order chi connectivity index (χ1) is 14.7. The lowest BCUT2D eigenvalue weighted by molar-refractivity contribution is -0.348. The molecule has 2 aromatic carbocycles. The van der Waals surface area contributed by atoms with E-state index in [-0.39, 0.29) is 23.4 Å². The highest BCUT2D eigenvalue weighted by Crippen LogP contribution is 2.54. The van der Waals surface area contributed by atoms with Gasteiger partial charge in [0, 0.05) is 12.1 Å².